The zero-order chi connectivity index (χ0) is 14.1. The van der Waals surface area contributed by atoms with Crippen molar-refractivity contribution in [2.75, 3.05) is 20.3 Å². The van der Waals surface area contributed by atoms with Crippen molar-refractivity contribution in [1.82, 2.24) is 0 Å². The van der Waals surface area contributed by atoms with E-state index in [1.165, 1.54) is 7.11 Å². The van der Waals surface area contributed by atoms with Crippen molar-refractivity contribution < 1.29 is 19.4 Å². The fraction of sp³-hybridized carbons (Fsp3) is 0.500. The number of esters is 1. The van der Waals surface area contributed by atoms with E-state index in [4.69, 9.17) is 15.6 Å². The molecule has 0 aromatic heterocycles. The largest absolute Gasteiger partial charge is 0.494 e. The molecule has 0 radical (unpaired) electrons. The fourth-order valence-electron chi connectivity index (χ4n) is 1.61. The molecular weight excluding hydrogens is 246 g/mol. The predicted molar refractivity (Wildman–Crippen MR) is 72.0 cm³/mol. The van der Waals surface area contributed by atoms with E-state index in [0.717, 1.165) is 24.2 Å². The highest BCUT2D eigenvalue weighted by atomic mass is 16.5. The molecule has 0 saturated carbocycles. The van der Waals surface area contributed by atoms with E-state index >= 15 is 0 Å². The van der Waals surface area contributed by atoms with Gasteiger partial charge in [-0.2, -0.15) is 0 Å². The highest BCUT2D eigenvalue weighted by molar-refractivity contribution is 5.75. The number of unbranched alkanes of at least 4 members (excludes halogenated alkanes) is 1. The van der Waals surface area contributed by atoms with Gasteiger partial charge in [0.1, 0.15) is 11.8 Å². The molecular formula is C14H21NO4. The van der Waals surface area contributed by atoms with Gasteiger partial charge in [-0.15, -0.1) is 0 Å². The van der Waals surface area contributed by atoms with Crippen molar-refractivity contribution >= 4 is 5.97 Å². The molecule has 1 atom stereocenters. The lowest BCUT2D eigenvalue weighted by Crippen LogP contribution is -2.33. The maximum atomic E-state index is 11.2. The van der Waals surface area contributed by atoms with Crippen molar-refractivity contribution in [2.24, 2.45) is 5.73 Å². The van der Waals surface area contributed by atoms with Gasteiger partial charge < -0.3 is 20.3 Å². The average Bonchev–Trinajstić information content (AvgIpc) is 2.44. The zero-order valence-corrected chi connectivity index (χ0v) is 11.2. The maximum Gasteiger partial charge on any atom is 0.322 e. The van der Waals surface area contributed by atoms with Crippen LogP contribution in [0, 0.1) is 0 Å². The summed E-state index contributed by atoms with van der Waals surface area (Å²) in [5.41, 5.74) is 6.64. The standard InChI is InChI=1S/C14H21NO4/c1-18-14(17)13(15)10-11-4-6-12(7-5-11)19-9-3-2-8-16/h4-7,13,16H,2-3,8-10,15H2,1H3. The van der Waals surface area contributed by atoms with Crippen LogP contribution >= 0.6 is 0 Å². The van der Waals surface area contributed by atoms with Crippen molar-refractivity contribution in [3.05, 3.63) is 29.8 Å². The second kappa shape index (κ2) is 8.50. The Morgan fingerprint density at radius 3 is 2.58 bits per heavy atom. The number of nitrogens with two attached hydrogens (primary N) is 1. The third-order valence-corrected chi connectivity index (χ3v) is 2.70. The van der Waals surface area contributed by atoms with E-state index in [0.29, 0.717) is 13.0 Å². The first-order chi connectivity index (χ1) is 9.17. The van der Waals surface area contributed by atoms with Crippen LogP contribution in [0.4, 0.5) is 0 Å². The number of aliphatic hydroxyl groups excluding tert-OH is 1. The molecule has 0 heterocycles. The van der Waals surface area contributed by atoms with Crippen LogP contribution in [-0.4, -0.2) is 37.4 Å². The molecule has 0 saturated heterocycles. The van der Waals surface area contributed by atoms with Gasteiger partial charge in [0, 0.05) is 6.61 Å². The molecule has 0 bridgehead atoms. The van der Waals surface area contributed by atoms with E-state index in [2.05, 4.69) is 4.74 Å². The monoisotopic (exact) mass is 267 g/mol. The zero-order valence-electron chi connectivity index (χ0n) is 11.2. The normalized spacial score (nSPS) is 11.9. The molecule has 3 N–H and O–H groups in total. The Morgan fingerprint density at radius 2 is 2.00 bits per heavy atom. The molecule has 0 amide bonds. The molecule has 0 fully saturated rings. The van der Waals surface area contributed by atoms with Gasteiger partial charge in [0.05, 0.1) is 13.7 Å². The molecule has 5 nitrogen and oxygen atoms in total. The first-order valence-electron chi connectivity index (χ1n) is 6.33. The molecule has 19 heavy (non-hydrogen) atoms. The van der Waals surface area contributed by atoms with Crippen LogP contribution < -0.4 is 10.5 Å². The molecule has 1 rings (SSSR count). The smallest absolute Gasteiger partial charge is 0.322 e. The number of benzene rings is 1. The van der Waals surface area contributed by atoms with E-state index in [1.807, 2.05) is 24.3 Å². The van der Waals surface area contributed by atoms with Crippen LogP contribution in [0.25, 0.3) is 0 Å². The molecule has 106 valence electrons. The first-order valence-corrected chi connectivity index (χ1v) is 6.33. The lowest BCUT2D eigenvalue weighted by atomic mass is 10.1. The Hall–Kier alpha value is -1.59. The van der Waals surface area contributed by atoms with Crippen LogP contribution in [-0.2, 0) is 16.0 Å². The number of aliphatic hydroxyl groups is 1. The minimum Gasteiger partial charge on any atom is -0.494 e. The van der Waals surface area contributed by atoms with E-state index in [9.17, 15) is 4.79 Å². The summed E-state index contributed by atoms with van der Waals surface area (Å²) >= 11 is 0. The predicted octanol–water partition coefficient (Wildman–Crippen LogP) is 0.881. The number of carbonyl (C=O) groups is 1. The number of hydrogen-bond donors (Lipinski definition) is 2. The highest BCUT2D eigenvalue weighted by Crippen LogP contribution is 2.13. The quantitative estimate of drug-likeness (QED) is 0.540. The van der Waals surface area contributed by atoms with Crippen molar-refractivity contribution in [1.29, 1.82) is 0 Å². The van der Waals surface area contributed by atoms with Crippen LogP contribution in [0.5, 0.6) is 5.75 Å². The van der Waals surface area contributed by atoms with E-state index in [1.54, 1.807) is 0 Å². The van der Waals surface area contributed by atoms with Crippen molar-refractivity contribution in [3.63, 3.8) is 0 Å². The summed E-state index contributed by atoms with van der Waals surface area (Å²) in [5.74, 6) is 0.359. The summed E-state index contributed by atoms with van der Waals surface area (Å²) in [4.78, 5) is 11.2. The van der Waals surface area contributed by atoms with Crippen LogP contribution in [0.1, 0.15) is 18.4 Å². The molecule has 1 unspecified atom stereocenters. The van der Waals surface area contributed by atoms with Crippen LogP contribution in [0.2, 0.25) is 0 Å². The van der Waals surface area contributed by atoms with Gasteiger partial charge in [-0.1, -0.05) is 12.1 Å². The van der Waals surface area contributed by atoms with Crippen LogP contribution in [0.3, 0.4) is 0 Å². The Kier molecular flexibility index (Phi) is 6.92. The molecule has 1 aromatic rings. The molecule has 0 aliphatic rings. The average molecular weight is 267 g/mol. The lowest BCUT2D eigenvalue weighted by molar-refractivity contribution is -0.142. The Balaban J connectivity index is 2.41. The summed E-state index contributed by atoms with van der Waals surface area (Å²) in [6.07, 6.45) is 2.01. The van der Waals surface area contributed by atoms with Gasteiger partial charge in [-0.05, 0) is 37.0 Å². The Morgan fingerprint density at radius 1 is 1.32 bits per heavy atom. The maximum absolute atomic E-state index is 11.2. The minimum absolute atomic E-state index is 0.188. The van der Waals surface area contributed by atoms with Crippen molar-refractivity contribution in [3.8, 4) is 5.75 Å². The third-order valence-electron chi connectivity index (χ3n) is 2.70. The van der Waals surface area contributed by atoms with Gasteiger partial charge in [0.15, 0.2) is 0 Å². The first kappa shape index (κ1) is 15.5. The number of carbonyl (C=O) groups excluding carboxylic acids is 1. The number of ether oxygens (including phenoxy) is 2. The number of rotatable bonds is 8. The van der Waals surface area contributed by atoms with E-state index in [-0.39, 0.29) is 6.61 Å². The molecule has 0 aliphatic heterocycles. The van der Waals surface area contributed by atoms with Gasteiger partial charge in [0.2, 0.25) is 0 Å². The second-order valence-electron chi connectivity index (χ2n) is 4.26. The molecule has 0 spiro atoms. The lowest BCUT2D eigenvalue weighted by Gasteiger charge is -2.10. The number of hydrogen-bond acceptors (Lipinski definition) is 5. The Bertz CT molecular complexity index is 378. The fourth-order valence-corrected chi connectivity index (χ4v) is 1.61. The molecule has 5 heteroatoms. The van der Waals surface area contributed by atoms with E-state index < -0.39 is 12.0 Å². The third kappa shape index (κ3) is 5.72. The van der Waals surface area contributed by atoms with Gasteiger partial charge >= 0.3 is 5.97 Å². The summed E-state index contributed by atoms with van der Waals surface area (Å²) in [6.45, 7) is 0.773. The van der Waals surface area contributed by atoms with Gasteiger partial charge in [-0.25, -0.2) is 0 Å². The summed E-state index contributed by atoms with van der Waals surface area (Å²) in [6, 6.07) is 6.81. The summed E-state index contributed by atoms with van der Waals surface area (Å²) in [5, 5.41) is 8.64. The summed E-state index contributed by atoms with van der Waals surface area (Å²) in [7, 11) is 1.32. The number of methoxy groups -OCH3 is 1. The SMILES string of the molecule is COC(=O)C(N)Cc1ccc(OCCCCO)cc1. The van der Waals surface area contributed by atoms with Gasteiger partial charge in [0.25, 0.3) is 0 Å². The van der Waals surface area contributed by atoms with Crippen LogP contribution in [0.15, 0.2) is 24.3 Å². The molecule has 0 aliphatic carbocycles. The topological polar surface area (TPSA) is 81.8 Å². The van der Waals surface area contributed by atoms with Crippen molar-refractivity contribution in [2.45, 2.75) is 25.3 Å². The highest BCUT2D eigenvalue weighted by Gasteiger charge is 2.13. The minimum atomic E-state index is -0.638. The molecule has 1 aromatic carbocycles. The van der Waals surface area contributed by atoms with Gasteiger partial charge in [-0.3, -0.25) is 4.79 Å². The second-order valence-corrected chi connectivity index (χ2v) is 4.26. The summed E-state index contributed by atoms with van der Waals surface area (Å²) < 4.78 is 10.1. The Labute approximate surface area is 113 Å².